The summed E-state index contributed by atoms with van der Waals surface area (Å²) in [5.74, 6) is -1.23. The summed E-state index contributed by atoms with van der Waals surface area (Å²) in [6, 6.07) is -0.850. The van der Waals surface area contributed by atoms with Crippen LogP contribution in [0.5, 0.6) is 0 Å². The predicted molar refractivity (Wildman–Crippen MR) is 179 cm³/mol. The highest BCUT2D eigenvalue weighted by molar-refractivity contribution is 5.83. The SMILES string of the molecule is CCCCCCCCCCCCCC(=O)OC(CCCCCCCC)CCCCCCCC(=O)NC(CCCN)C(=O)O. The molecule has 0 aliphatic carbocycles. The molecule has 0 bridgehead atoms. The molecular formula is C36H70N2O5. The number of nitrogens with two attached hydrogens (primary N) is 1. The number of carboxylic acids is 1. The summed E-state index contributed by atoms with van der Waals surface area (Å²) >= 11 is 0. The van der Waals surface area contributed by atoms with Gasteiger partial charge in [-0.25, -0.2) is 4.79 Å². The molecule has 7 heteroatoms. The molecular weight excluding hydrogens is 540 g/mol. The first-order valence-electron chi connectivity index (χ1n) is 18.4. The third-order valence-electron chi connectivity index (χ3n) is 8.42. The summed E-state index contributed by atoms with van der Waals surface area (Å²) in [4.78, 5) is 36.0. The van der Waals surface area contributed by atoms with Crippen LogP contribution in [0.3, 0.4) is 0 Å². The maximum Gasteiger partial charge on any atom is 0.326 e. The molecule has 0 radical (unpaired) electrons. The molecule has 0 aromatic heterocycles. The van der Waals surface area contributed by atoms with Gasteiger partial charge in [0.25, 0.3) is 0 Å². The van der Waals surface area contributed by atoms with Crippen LogP contribution in [0.15, 0.2) is 0 Å². The van der Waals surface area contributed by atoms with Crippen LogP contribution in [-0.2, 0) is 19.1 Å². The molecule has 0 aliphatic heterocycles. The quantitative estimate of drug-likeness (QED) is 0.0503. The van der Waals surface area contributed by atoms with Gasteiger partial charge in [0.1, 0.15) is 12.1 Å². The summed E-state index contributed by atoms with van der Waals surface area (Å²) in [5.41, 5.74) is 5.46. The molecule has 2 unspecified atom stereocenters. The average molecular weight is 611 g/mol. The van der Waals surface area contributed by atoms with E-state index in [4.69, 9.17) is 10.5 Å². The van der Waals surface area contributed by atoms with Crippen LogP contribution in [-0.4, -0.2) is 41.6 Å². The number of nitrogens with one attached hydrogen (secondary N) is 1. The first-order chi connectivity index (χ1) is 20.9. The number of esters is 1. The van der Waals surface area contributed by atoms with E-state index in [-0.39, 0.29) is 18.0 Å². The molecule has 254 valence electrons. The van der Waals surface area contributed by atoms with Crippen LogP contribution in [0.25, 0.3) is 0 Å². The van der Waals surface area contributed by atoms with Crippen molar-refractivity contribution in [1.29, 1.82) is 0 Å². The number of carbonyl (C=O) groups is 3. The second-order valence-corrected chi connectivity index (χ2v) is 12.6. The maximum atomic E-state index is 12.6. The Balaban J connectivity index is 4.17. The van der Waals surface area contributed by atoms with E-state index in [1.807, 2.05) is 0 Å². The van der Waals surface area contributed by atoms with Gasteiger partial charge in [-0.2, -0.15) is 0 Å². The monoisotopic (exact) mass is 611 g/mol. The topological polar surface area (TPSA) is 119 Å². The molecule has 0 saturated carbocycles. The highest BCUT2D eigenvalue weighted by atomic mass is 16.5. The van der Waals surface area contributed by atoms with Crippen LogP contribution in [0, 0.1) is 0 Å². The number of carboxylic acid groups (broad SMARTS) is 1. The van der Waals surface area contributed by atoms with Crippen molar-refractivity contribution < 1.29 is 24.2 Å². The standard InChI is InChI=1S/C36H70N2O5/c1-3-5-7-9-11-12-13-14-15-20-24-30-35(40)43-32(26-21-17-10-8-6-4-2)27-22-18-16-19-23-29-34(39)38-33(36(41)42)28-25-31-37/h32-33H,3-31,37H2,1-2H3,(H,38,39)(H,41,42). The van der Waals surface area contributed by atoms with Gasteiger partial charge in [0, 0.05) is 12.8 Å². The normalized spacial score (nSPS) is 12.6. The van der Waals surface area contributed by atoms with Gasteiger partial charge in [0.2, 0.25) is 5.91 Å². The number of hydrogen-bond acceptors (Lipinski definition) is 5. The van der Waals surface area contributed by atoms with Crippen LogP contribution in [0.1, 0.15) is 194 Å². The Hall–Kier alpha value is -1.63. The van der Waals surface area contributed by atoms with E-state index in [1.165, 1.54) is 89.9 Å². The third kappa shape index (κ3) is 28.9. The molecule has 0 rings (SSSR count). The fraction of sp³-hybridized carbons (Fsp3) is 0.917. The van der Waals surface area contributed by atoms with Gasteiger partial charge in [-0.15, -0.1) is 0 Å². The van der Waals surface area contributed by atoms with Gasteiger partial charge in [-0.1, -0.05) is 129 Å². The maximum absolute atomic E-state index is 12.6. The van der Waals surface area contributed by atoms with Gasteiger partial charge in [0.05, 0.1) is 0 Å². The van der Waals surface area contributed by atoms with E-state index in [2.05, 4.69) is 19.2 Å². The van der Waals surface area contributed by atoms with E-state index < -0.39 is 12.0 Å². The number of unbranched alkanes of at least 4 members (excludes halogenated alkanes) is 19. The van der Waals surface area contributed by atoms with Gasteiger partial charge in [-0.05, 0) is 57.9 Å². The van der Waals surface area contributed by atoms with E-state index in [1.54, 1.807) is 0 Å². The predicted octanol–water partition coefficient (Wildman–Crippen LogP) is 9.39. The van der Waals surface area contributed by atoms with Crippen molar-refractivity contribution in [3.8, 4) is 0 Å². The zero-order valence-corrected chi connectivity index (χ0v) is 28.3. The van der Waals surface area contributed by atoms with Crippen LogP contribution in [0.2, 0.25) is 0 Å². The molecule has 1 amide bonds. The second kappa shape index (κ2) is 31.8. The van der Waals surface area contributed by atoms with Crippen LogP contribution < -0.4 is 11.1 Å². The summed E-state index contributed by atoms with van der Waals surface area (Å²) in [6.07, 6.45) is 30.0. The first kappa shape index (κ1) is 41.4. The van der Waals surface area contributed by atoms with Crippen LogP contribution in [0.4, 0.5) is 0 Å². The lowest BCUT2D eigenvalue weighted by atomic mass is 10.0. The minimum Gasteiger partial charge on any atom is -0.480 e. The van der Waals surface area contributed by atoms with Crippen molar-refractivity contribution >= 4 is 17.8 Å². The van der Waals surface area contributed by atoms with Gasteiger partial charge in [-0.3, -0.25) is 9.59 Å². The van der Waals surface area contributed by atoms with Crippen molar-refractivity contribution in [2.24, 2.45) is 5.73 Å². The zero-order chi connectivity index (χ0) is 31.8. The summed E-state index contributed by atoms with van der Waals surface area (Å²) in [6.45, 7) is 4.91. The number of carbonyl (C=O) groups excluding carboxylic acids is 2. The highest BCUT2D eigenvalue weighted by Gasteiger charge is 2.19. The number of hydrogen-bond donors (Lipinski definition) is 3. The number of rotatable bonds is 33. The molecule has 2 atom stereocenters. The van der Waals surface area contributed by atoms with Gasteiger partial charge >= 0.3 is 11.9 Å². The highest BCUT2D eigenvalue weighted by Crippen LogP contribution is 2.18. The lowest BCUT2D eigenvalue weighted by Crippen LogP contribution is -2.40. The lowest BCUT2D eigenvalue weighted by molar-refractivity contribution is -0.150. The Kier molecular flexibility index (Phi) is 30.6. The molecule has 4 N–H and O–H groups in total. The smallest absolute Gasteiger partial charge is 0.326 e. The molecule has 7 nitrogen and oxygen atoms in total. The van der Waals surface area contributed by atoms with Crippen molar-refractivity contribution in [1.82, 2.24) is 5.32 Å². The average Bonchev–Trinajstić information content (AvgIpc) is 2.98. The molecule has 0 fully saturated rings. The molecule has 0 aliphatic rings. The molecule has 43 heavy (non-hydrogen) atoms. The Bertz CT molecular complexity index is 658. The van der Waals surface area contributed by atoms with Crippen molar-refractivity contribution in [2.45, 2.75) is 206 Å². The zero-order valence-electron chi connectivity index (χ0n) is 28.3. The molecule has 0 aromatic rings. The fourth-order valence-corrected chi connectivity index (χ4v) is 5.63. The molecule has 0 aromatic carbocycles. The summed E-state index contributed by atoms with van der Waals surface area (Å²) in [7, 11) is 0. The van der Waals surface area contributed by atoms with E-state index in [0.29, 0.717) is 32.2 Å². The van der Waals surface area contributed by atoms with E-state index in [9.17, 15) is 19.5 Å². The summed E-state index contributed by atoms with van der Waals surface area (Å²) < 4.78 is 5.97. The fourth-order valence-electron chi connectivity index (χ4n) is 5.63. The molecule has 0 spiro atoms. The minimum atomic E-state index is -1.00. The van der Waals surface area contributed by atoms with Crippen molar-refractivity contribution in [2.75, 3.05) is 6.54 Å². The number of aliphatic carboxylic acids is 1. The largest absolute Gasteiger partial charge is 0.480 e. The van der Waals surface area contributed by atoms with Crippen molar-refractivity contribution in [3.05, 3.63) is 0 Å². The molecule has 0 heterocycles. The Morgan fingerprint density at radius 2 is 1.00 bits per heavy atom. The first-order valence-corrected chi connectivity index (χ1v) is 18.4. The van der Waals surface area contributed by atoms with E-state index in [0.717, 1.165) is 64.2 Å². The second-order valence-electron chi connectivity index (χ2n) is 12.6. The Morgan fingerprint density at radius 3 is 1.44 bits per heavy atom. The number of amides is 1. The Labute approximate surface area is 265 Å². The van der Waals surface area contributed by atoms with Gasteiger partial charge < -0.3 is 20.9 Å². The minimum absolute atomic E-state index is 0.0240. The third-order valence-corrected chi connectivity index (χ3v) is 8.42. The van der Waals surface area contributed by atoms with Crippen LogP contribution >= 0.6 is 0 Å². The molecule has 0 saturated heterocycles. The Morgan fingerprint density at radius 1 is 0.581 bits per heavy atom. The number of ether oxygens (including phenoxy) is 1. The summed E-state index contributed by atoms with van der Waals surface area (Å²) in [5, 5.41) is 11.9. The van der Waals surface area contributed by atoms with E-state index >= 15 is 0 Å². The van der Waals surface area contributed by atoms with Crippen molar-refractivity contribution in [3.63, 3.8) is 0 Å². The van der Waals surface area contributed by atoms with Gasteiger partial charge in [0.15, 0.2) is 0 Å². The lowest BCUT2D eigenvalue weighted by Gasteiger charge is -2.18.